The van der Waals surface area contributed by atoms with E-state index in [0.29, 0.717) is 24.8 Å². The molecule has 2 aromatic carbocycles. The minimum atomic E-state index is -0.603. The molecule has 162 valence electrons. The Bertz CT molecular complexity index is 865. The van der Waals surface area contributed by atoms with Crippen LogP contribution in [0.3, 0.4) is 0 Å². The van der Waals surface area contributed by atoms with Gasteiger partial charge in [-0.15, -0.1) is 0 Å². The summed E-state index contributed by atoms with van der Waals surface area (Å²) in [7, 11) is 0. The summed E-state index contributed by atoms with van der Waals surface area (Å²) in [6.45, 7) is 10.6. The summed E-state index contributed by atoms with van der Waals surface area (Å²) < 4.78 is 6.60. The number of carbonyl (C=O) groups is 2. The van der Waals surface area contributed by atoms with E-state index in [0.717, 1.165) is 15.6 Å². The summed E-state index contributed by atoms with van der Waals surface area (Å²) in [6, 6.07) is 13.2. The van der Waals surface area contributed by atoms with Crippen molar-refractivity contribution < 1.29 is 14.3 Å². The summed E-state index contributed by atoms with van der Waals surface area (Å²) >= 11 is 3.52. The van der Waals surface area contributed by atoms with Crippen LogP contribution in [0.4, 0.5) is 0 Å². The minimum Gasteiger partial charge on any atom is -0.483 e. The number of benzene rings is 2. The number of halogens is 1. The second kappa shape index (κ2) is 11.2. The van der Waals surface area contributed by atoms with Crippen molar-refractivity contribution in [2.24, 2.45) is 0 Å². The highest BCUT2D eigenvalue weighted by Crippen LogP contribution is 2.29. The van der Waals surface area contributed by atoms with E-state index in [4.69, 9.17) is 4.74 Å². The van der Waals surface area contributed by atoms with E-state index in [1.54, 1.807) is 11.8 Å². The minimum absolute atomic E-state index is 0.144. The van der Waals surface area contributed by atoms with Gasteiger partial charge in [0, 0.05) is 13.1 Å². The molecule has 0 aliphatic rings. The monoisotopic (exact) mass is 474 g/mol. The van der Waals surface area contributed by atoms with Crippen molar-refractivity contribution in [1.82, 2.24) is 10.2 Å². The third-order valence-electron chi connectivity index (χ3n) is 4.97. The Morgan fingerprint density at radius 1 is 1.10 bits per heavy atom. The maximum atomic E-state index is 13.0. The summed E-state index contributed by atoms with van der Waals surface area (Å²) in [5.41, 5.74) is 3.30. The van der Waals surface area contributed by atoms with Crippen LogP contribution in [-0.2, 0) is 16.1 Å². The molecule has 0 bridgehead atoms. The molecule has 2 rings (SSSR count). The zero-order chi connectivity index (χ0) is 22.3. The number of amides is 2. The zero-order valence-corrected chi connectivity index (χ0v) is 20.0. The number of hydrogen-bond acceptors (Lipinski definition) is 3. The molecule has 0 fully saturated rings. The van der Waals surface area contributed by atoms with Gasteiger partial charge in [0.1, 0.15) is 11.8 Å². The lowest BCUT2D eigenvalue weighted by atomic mass is 10.0. The molecule has 0 radical (unpaired) electrons. The van der Waals surface area contributed by atoms with E-state index in [-0.39, 0.29) is 18.4 Å². The number of nitrogens with zero attached hydrogens (tertiary/aromatic N) is 1. The Morgan fingerprint density at radius 2 is 1.77 bits per heavy atom. The quantitative estimate of drug-likeness (QED) is 0.566. The van der Waals surface area contributed by atoms with Crippen molar-refractivity contribution in [3.8, 4) is 5.75 Å². The molecule has 5 nitrogen and oxygen atoms in total. The largest absolute Gasteiger partial charge is 0.483 e. The first-order valence-electron chi connectivity index (χ1n) is 10.3. The van der Waals surface area contributed by atoms with Crippen molar-refractivity contribution in [1.29, 1.82) is 0 Å². The normalized spacial score (nSPS) is 11.8. The molecule has 0 aromatic heterocycles. The van der Waals surface area contributed by atoms with Gasteiger partial charge in [0.2, 0.25) is 5.91 Å². The zero-order valence-electron chi connectivity index (χ0n) is 18.4. The first kappa shape index (κ1) is 23.9. The van der Waals surface area contributed by atoms with Crippen LogP contribution in [0.15, 0.2) is 46.9 Å². The number of ether oxygens (including phenoxy) is 1. The molecular weight excluding hydrogens is 444 g/mol. The molecule has 0 aliphatic carbocycles. The fraction of sp³-hybridized carbons (Fsp3) is 0.417. The van der Waals surface area contributed by atoms with Gasteiger partial charge < -0.3 is 15.0 Å². The molecule has 0 unspecified atom stereocenters. The van der Waals surface area contributed by atoms with Crippen LogP contribution in [0.1, 0.15) is 50.3 Å². The topological polar surface area (TPSA) is 58.6 Å². The van der Waals surface area contributed by atoms with Gasteiger partial charge in [-0.25, -0.2) is 0 Å². The predicted octanol–water partition coefficient (Wildman–Crippen LogP) is 4.81. The number of carbonyl (C=O) groups excluding carboxylic acids is 2. The summed E-state index contributed by atoms with van der Waals surface area (Å²) in [6.07, 6.45) is 0. The van der Waals surface area contributed by atoms with Gasteiger partial charge in [-0.2, -0.15) is 0 Å². The van der Waals surface area contributed by atoms with Crippen LogP contribution in [0, 0.1) is 6.92 Å². The smallest absolute Gasteiger partial charge is 0.261 e. The maximum absolute atomic E-state index is 13.0. The van der Waals surface area contributed by atoms with E-state index in [1.165, 1.54) is 5.56 Å². The first-order valence-corrected chi connectivity index (χ1v) is 11.1. The van der Waals surface area contributed by atoms with E-state index >= 15 is 0 Å². The molecule has 1 N–H and O–H groups in total. The molecule has 0 heterocycles. The molecule has 2 amide bonds. The second-order valence-corrected chi connectivity index (χ2v) is 8.57. The fourth-order valence-corrected chi connectivity index (χ4v) is 3.52. The van der Waals surface area contributed by atoms with Crippen LogP contribution in [0.2, 0.25) is 0 Å². The van der Waals surface area contributed by atoms with Crippen molar-refractivity contribution in [3.05, 3.63) is 63.6 Å². The van der Waals surface area contributed by atoms with E-state index in [2.05, 4.69) is 35.1 Å². The Morgan fingerprint density at radius 3 is 2.33 bits per heavy atom. The molecule has 0 saturated heterocycles. The molecule has 30 heavy (non-hydrogen) atoms. The standard InChI is InChI=1S/C24H31BrN2O3/c1-6-26-24(29)18(5)27(14-19-9-7-17(4)8-10-19)23(28)15-30-22-12-11-20(16(2)3)13-21(22)25/h7-13,16,18H,6,14-15H2,1-5H3,(H,26,29)/t18-/m0/s1. The lowest BCUT2D eigenvalue weighted by Gasteiger charge is -2.28. The molecule has 6 heteroatoms. The lowest BCUT2D eigenvalue weighted by molar-refractivity contribution is -0.142. The number of hydrogen-bond donors (Lipinski definition) is 1. The van der Waals surface area contributed by atoms with Gasteiger partial charge in [0.15, 0.2) is 6.61 Å². The summed E-state index contributed by atoms with van der Waals surface area (Å²) in [5, 5.41) is 2.79. The van der Waals surface area contributed by atoms with Gasteiger partial charge in [-0.1, -0.05) is 49.7 Å². The predicted molar refractivity (Wildman–Crippen MR) is 124 cm³/mol. The van der Waals surface area contributed by atoms with Gasteiger partial charge in [-0.3, -0.25) is 9.59 Å². The molecule has 1 atom stereocenters. The molecule has 0 aliphatic heterocycles. The number of likely N-dealkylation sites (N-methyl/N-ethyl adjacent to an activating group) is 1. The van der Waals surface area contributed by atoms with Gasteiger partial charge >= 0.3 is 0 Å². The second-order valence-electron chi connectivity index (χ2n) is 7.71. The molecule has 0 saturated carbocycles. The Labute approximate surface area is 187 Å². The van der Waals surface area contributed by atoms with E-state index < -0.39 is 6.04 Å². The van der Waals surface area contributed by atoms with Crippen LogP contribution in [0.25, 0.3) is 0 Å². The maximum Gasteiger partial charge on any atom is 0.261 e. The first-order chi connectivity index (χ1) is 14.2. The van der Waals surface area contributed by atoms with Crippen LogP contribution in [-0.4, -0.2) is 35.9 Å². The SMILES string of the molecule is CCNC(=O)[C@H](C)N(Cc1ccc(C)cc1)C(=O)COc1ccc(C(C)C)cc1Br. The summed E-state index contributed by atoms with van der Waals surface area (Å²) in [5.74, 6) is 0.586. The van der Waals surface area contributed by atoms with Crippen molar-refractivity contribution in [2.45, 2.75) is 53.1 Å². The number of aryl methyl sites for hydroxylation is 1. The van der Waals surface area contributed by atoms with Crippen LogP contribution in [0.5, 0.6) is 5.75 Å². The van der Waals surface area contributed by atoms with Gasteiger partial charge in [-0.05, 0) is 65.9 Å². The summed E-state index contributed by atoms with van der Waals surface area (Å²) in [4.78, 5) is 27.0. The van der Waals surface area contributed by atoms with E-state index in [1.807, 2.05) is 56.3 Å². The highest BCUT2D eigenvalue weighted by molar-refractivity contribution is 9.10. The number of rotatable bonds is 9. The van der Waals surface area contributed by atoms with Crippen molar-refractivity contribution in [3.63, 3.8) is 0 Å². The van der Waals surface area contributed by atoms with Crippen LogP contribution < -0.4 is 10.1 Å². The van der Waals surface area contributed by atoms with Gasteiger partial charge in [0.25, 0.3) is 5.91 Å². The third-order valence-corrected chi connectivity index (χ3v) is 5.59. The Kier molecular flexibility index (Phi) is 8.90. The molecule has 0 spiro atoms. The third kappa shape index (κ3) is 6.59. The highest BCUT2D eigenvalue weighted by atomic mass is 79.9. The lowest BCUT2D eigenvalue weighted by Crippen LogP contribution is -2.49. The van der Waals surface area contributed by atoms with Crippen molar-refractivity contribution in [2.75, 3.05) is 13.2 Å². The Balaban J connectivity index is 2.15. The Hall–Kier alpha value is -2.34. The van der Waals surface area contributed by atoms with Crippen LogP contribution >= 0.6 is 15.9 Å². The van der Waals surface area contributed by atoms with E-state index in [9.17, 15) is 9.59 Å². The molecular formula is C24H31BrN2O3. The van der Waals surface area contributed by atoms with Gasteiger partial charge in [0.05, 0.1) is 4.47 Å². The average Bonchev–Trinajstić information content (AvgIpc) is 2.71. The number of nitrogens with one attached hydrogen (secondary N) is 1. The average molecular weight is 475 g/mol. The fourth-order valence-electron chi connectivity index (χ4n) is 3.01. The highest BCUT2D eigenvalue weighted by Gasteiger charge is 2.26. The van der Waals surface area contributed by atoms with Crippen molar-refractivity contribution >= 4 is 27.7 Å². The molecule has 2 aromatic rings.